The lowest BCUT2D eigenvalue weighted by molar-refractivity contribution is -0.133. The number of hydrogen-bond acceptors (Lipinski definition) is 5. The van der Waals surface area contributed by atoms with Crippen LogP contribution in [0.4, 0.5) is 0 Å². The van der Waals surface area contributed by atoms with Crippen LogP contribution >= 0.6 is 0 Å². The molecule has 7 heteroatoms. The number of amides is 2. The lowest BCUT2D eigenvalue weighted by atomic mass is 10.1. The van der Waals surface area contributed by atoms with E-state index in [1.165, 1.54) is 4.90 Å². The minimum atomic E-state index is -0.914. The van der Waals surface area contributed by atoms with Crippen LogP contribution in [0.1, 0.15) is 13.8 Å². The van der Waals surface area contributed by atoms with Crippen molar-refractivity contribution in [1.82, 2.24) is 10.2 Å². The average molecular weight is 259 g/mol. The molecule has 0 aliphatic carbocycles. The van der Waals surface area contributed by atoms with E-state index in [1.54, 1.807) is 0 Å². The van der Waals surface area contributed by atoms with Gasteiger partial charge in [-0.3, -0.25) is 9.59 Å². The van der Waals surface area contributed by atoms with Crippen molar-refractivity contribution in [2.24, 2.45) is 11.7 Å². The molecule has 3 atom stereocenters. The van der Waals surface area contributed by atoms with Gasteiger partial charge in [0.1, 0.15) is 0 Å². The number of carbonyl (C=O) groups is 2. The van der Waals surface area contributed by atoms with Crippen LogP contribution in [-0.4, -0.2) is 64.8 Å². The maximum Gasteiger partial charge on any atom is 0.242 e. The summed E-state index contributed by atoms with van der Waals surface area (Å²) in [6.45, 7) is 3.65. The highest BCUT2D eigenvalue weighted by atomic mass is 16.3. The molecule has 0 aromatic carbocycles. The van der Waals surface area contributed by atoms with E-state index in [9.17, 15) is 19.8 Å². The number of likely N-dealkylation sites (tertiary alicyclic amines) is 1. The van der Waals surface area contributed by atoms with Crippen LogP contribution in [0.3, 0.4) is 0 Å². The SMILES string of the molecule is CC(C)[C@H](N)C(=O)NCC(=O)N1CC(O)C(O)C1. The number of carbonyl (C=O) groups excluding carboxylic acids is 2. The summed E-state index contributed by atoms with van der Waals surface area (Å²) in [5.74, 6) is -0.718. The van der Waals surface area contributed by atoms with E-state index in [0.29, 0.717) is 0 Å². The Balaban J connectivity index is 2.36. The first-order valence-corrected chi connectivity index (χ1v) is 6.00. The van der Waals surface area contributed by atoms with E-state index in [0.717, 1.165) is 0 Å². The fourth-order valence-electron chi connectivity index (χ4n) is 1.67. The molecule has 0 bridgehead atoms. The van der Waals surface area contributed by atoms with Gasteiger partial charge in [-0.2, -0.15) is 0 Å². The third-order valence-electron chi connectivity index (χ3n) is 3.05. The Morgan fingerprint density at radius 3 is 2.28 bits per heavy atom. The Bertz CT molecular complexity index is 311. The van der Waals surface area contributed by atoms with E-state index in [4.69, 9.17) is 5.73 Å². The molecule has 104 valence electrons. The third-order valence-corrected chi connectivity index (χ3v) is 3.05. The number of rotatable bonds is 4. The maximum atomic E-state index is 11.7. The fourth-order valence-corrected chi connectivity index (χ4v) is 1.67. The van der Waals surface area contributed by atoms with Gasteiger partial charge in [0.2, 0.25) is 11.8 Å². The quantitative estimate of drug-likeness (QED) is 0.451. The second-order valence-corrected chi connectivity index (χ2v) is 4.92. The molecular formula is C11H21N3O4. The summed E-state index contributed by atoms with van der Waals surface area (Å²) in [5, 5.41) is 21.1. The van der Waals surface area contributed by atoms with Gasteiger partial charge < -0.3 is 26.2 Å². The third kappa shape index (κ3) is 3.66. The van der Waals surface area contributed by atoms with Crippen molar-refractivity contribution in [3.8, 4) is 0 Å². The molecule has 5 N–H and O–H groups in total. The molecule has 0 aromatic rings. The number of aliphatic hydroxyl groups excluding tert-OH is 2. The van der Waals surface area contributed by atoms with E-state index in [-0.39, 0.29) is 37.4 Å². The standard InChI is InChI=1S/C11H21N3O4/c1-6(2)10(12)11(18)13-3-9(17)14-4-7(15)8(16)5-14/h6-8,10,15-16H,3-5,12H2,1-2H3,(H,13,18)/t7?,8?,10-/m0/s1. The van der Waals surface area contributed by atoms with Gasteiger partial charge in [-0.05, 0) is 5.92 Å². The molecule has 18 heavy (non-hydrogen) atoms. The normalized spacial score (nSPS) is 25.3. The van der Waals surface area contributed by atoms with Crippen LogP contribution in [0.15, 0.2) is 0 Å². The highest BCUT2D eigenvalue weighted by Gasteiger charge is 2.32. The number of nitrogens with one attached hydrogen (secondary N) is 1. The van der Waals surface area contributed by atoms with Crippen molar-refractivity contribution < 1.29 is 19.8 Å². The lowest BCUT2D eigenvalue weighted by Crippen LogP contribution is -2.47. The van der Waals surface area contributed by atoms with Gasteiger partial charge >= 0.3 is 0 Å². The Morgan fingerprint density at radius 2 is 1.83 bits per heavy atom. The Kier molecular flexibility index (Phi) is 5.06. The molecule has 0 radical (unpaired) electrons. The molecule has 1 saturated heterocycles. The molecule has 0 aromatic heterocycles. The first kappa shape index (κ1) is 14.9. The minimum Gasteiger partial charge on any atom is -0.388 e. The van der Waals surface area contributed by atoms with Crippen molar-refractivity contribution in [2.45, 2.75) is 32.1 Å². The zero-order valence-electron chi connectivity index (χ0n) is 10.7. The Morgan fingerprint density at radius 1 is 1.33 bits per heavy atom. The summed E-state index contributed by atoms with van der Waals surface area (Å²) < 4.78 is 0. The van der Waals surface area contributed by atoms with Crippen LogP contribution in [-0.2, 0) is 9.59 Å². The molecule has 1 heterocycles. The molecule has 1 rings (SSSR count). The first-order chi connectivity index (χ1) is 8.32. The van der Waals surface area contributed by atoms with Crippen molar-refractivity contribution in [2.75, 3.05) is 19.6 Å². The predicted octanol–water partition coefficient (Wildman–Crippen LogP) is -2.35. The van der Waals surface area contributed by atoms with Gasteiger partial charge in [-0.25, -0.2) is 0 Å². The zero-order valence-corrected chi connectivity index (χ0v) is 10.7. The van der Waals surface area contributed by atoms with Crippen LogP contribution in [0.2, 0.25) is 0 Å². The van der Waals surface area contributed by atoms with Gasteiger partial charge in [0, 0.05) is 13.1 Å². The van der Waals surface area contributed by atoms with Crippen molar-refractivity contribution in [1.29, 1.82) is 0 Å². The maximum absolute atomic E-state index is 11.7. The molecule has 1 aliphatic rings. The molecule has 1 aliphatic heterocycles. The number of nitrogens with two attached hydrogens (primary N) is 1. The molecule has 2 amide bonds. The van der Waals surface area contributed by atoms with Crippen LogP contribution in [0.5, 0.6) is 0 Å². The molecule has 0 saturated carbocycles. The zero-order chi connectivity index (χ0) is 13.9. The molecule has 1 fully saturated rings. The molecule has 0 spiro atoms. The monoisotopic (exact) mass is 259 g/mol. The fraction of sp³-hybridized carbons (Fsp3) is 0.818. The summed E-state index contributed by atoms with van der Waals surface area (Å²) in [7, 11) is 0. The van der Waals surface area contributed by atoms with Gasteiger partial charge in [0.15, 0.2) is 0 Å². The summed E-state index contributed by atoms with van der Waals surface area (Å²) in [5.41, 5.74) is 5.63. The molecular weight excluding hydrogens is 238 g/mol. The highest BCUT2D eigenvalue weighted by Crippen LogP contribution is 2.09. The van der Waals surface area contributed by atoms with E-state index in [2.05, 4.69) is 5.32 Å². The topological polar surface area (TPSA) is 116 Å². The van der Waals surface area contributed by atoms with Gasteiger partial charge in [-0.1, -0.05) is 13.8 Å². The van der Waals surface area contributed by atoms with E-state index in [1.807, 2.05) is 13.8 Å². The molecule has 2 unspecified atom stereocenters. The predicted molar refractivity (Wildman–Crippen MR) is 64.4 cm³/mol. The van der Waals surface area contributed by atoms with Gasteiger partial charge in [0.25, 0.3) is 0 Å². The second-order valence-electron chi connectivity index (χ2n) is 4.92. The minimum absolute atomic E-state index is 0.00414. The highest BCUT2D eigenvalue weighted by molar-refractivity contribution is 5.87. The van der Waals surface area contributed by atoms with E-state index < -0.39 is 18.2 Å². The van der Waals surface area contributed by atoms with Gasteiger partial charge in [-0.15, -0.1) is 0 Å². The molecule has 7 nitrogen and oxygen atoms in total. The Hall–Kier alpha value is -1.18. The average Bonchev–Trinajstić information content (AvgIpc) is 2.65. The van der Waals surface area contributed by atoms with E-state index >= 15 is 0 Å². The number of β-amino-alcohol motifs (C(OH)–C–C–N with tert-alkyl or cyclic N) is 2. The van der Waals surface area contributed by atoms with Crippen molar-refractivity contribution in [3.05, 3.63) is 0 Å². The largest absolute Gasteiger partial charge is 0.388 e. The van der Waals surface area contributed by atoms with Crippen molar-refractivity contribution in [3.63, 3.8) is 0 Å². The van der Waals surface area contributed by atoms with Crippen LogP contribution in [0, 0.1) is 5.92 Å². The summed E-state index contributed by atoms with van der Waals surface area (Å²) in [6, 6.07) is -0.646. The smallest absolute Gasteiger partial charge is 0.242 e. The van der Waals surface area contributed by atoms with Crippen molar-refractivity contribution >= 4 is 11.8 Å². The first-order valence-electron chi connectivity index (χ1n) is 6.00. The number of aliphatic hydroxyl groups is 2. The number of hydrogen-bond donors (Lipinski definition) is 4. The number of nitrogens with zero attached hydrogens (tertiary/aromatic N) is 1. The Labute approximate surface area is 106 Å². The second kappa shape index (κ2) is 6.12. The summed E-state index contributed by atoms with van der Waals surface area (Å²) in [6.07, 6.45) is -1.83. The summed E-state index contributed by atoms with van der Waals surface area (Å²) in [4.78, 5) is 24.5. The van der Waals surface area contributed by atoms with Gasteiger partial charge in [0.05, 0.1) is 24.8 Å². The summed E-state index contributed by atoms with van der Waals surface area (Å²) >= 11 is 0. The van der Waals surface area contributed by atoms with Crippen LogP contribution < -0.4 is 11.1 Å². The van der Waals surface area contributed by atoms with Crippen LogP contribution in [0.25, 0.3) is 0 Å². The lowest BCUT2D eigenvalue weighted by Gasteiger charge is -2.18.